The van der Waals surface area contributed by atoms with Gasteiger partial charge in [0.15, 0.2) is 5.11 Å². The predicted molar refractivity (Wildman–Crippen MR) is 98.1 cm³/mol. The van der Waals surface area contributed by atoms with Crippen LogP contribution in [0.3, 0.4) is 0 Å². The SMILES string of the molecule is CCCC(=O)NNC(=S)NC(=O)CCCOc1ccc(Cl)cc1Cl. The molecule has 0 aromatic heterocycles. The number of hydrogen-bond acceptors (Lipinski definition) is 4. The number of rotatable bonds is 7. The third-order valence-corrected chi connectivity index (χ3v) is 3.48. The van der Waals surface area contributed by atoms with E-state index in [4.69, 9.17) is 40.2 Å². The average Bonchev–Trinajstić information content (AvgIpc) is 2.51. The third kappa shape index (κ3) is 8.33. The highest BCUT2D eigenvalue weighted by Gasteiger charge is 2.07. The van der Waals surface area contributed by atoms with Gasteiger partial charge in [0.1, 0.15) is 5.75 Å². The van der Waals surface area contributed by atoms with Crippen molar-refractivity contribution in [3.63, 3.8) is 0 Å². The monoisotopic (exact) mass is 391 g/mol. The summed E-state index contributed by atoms with van der Waals surface area (Å²) in [6.45, 7) is 2.21. The average molecular weight is 392 g/mol. The second kappa shape index (κ2) is 11.1. The van der Waals surface area contributed by atoms with E-state index in [1.807, 2.05) is 6.92 Å². The van der Waals surface area contributed by atoms with E-state index in [-0.39, 0.29) is 23.3 Å². The number of carbonyl (C=O) groups is 2. The summed E-state index contributed by atoms with van der Waals surface area (Å²) in [5.74, 6) is 0.0442. The lowest BCUT2D eigenvalue weighted by Crippen LogP contribution is -2.48. The van der Waals surface area contributed by atoms with Crippen molar-refractivity contribution in [3.05, 3.63) is 28.2 Å². The third-order valence-electron chi connectivity index (χ3n) is 2.75. The Bertz CT molecular complexity index is 599. The summed E-state index contributed by atoms with van der Waals surface area (Å²) < 4.78 is 5.48. The number of hydrazine groups is 1. The molecule has 0 heterocycles. The van der Waals surface area contributed by atoms with Crippen LogP contribution in [0.1, 0.15) is 32.6 Å². The number of hydrogen-bond donors (Lipinski definition) is 3. The summed E-state index contributed by atoms with van der Waals surface area (Å²) in [6.07, 6.45) is 1.81. The molecule has 0 unspecified atom stereocenters. The topological polar surface area (TPSA) is 79.5 Å². The van der Waals surface area contributed by atoms with Crippen molar-refractivity contribution < 1.29 is 14.3 Å². The first kappa shape index (κ1) is 20.5. The summed E-state index contributed by atoms with van der Waals surface area (Å²) >= 11 is 16.7. The van der Waals surface area contributed by atoms with Crippen LogP contribution >= 0.6 is 35.4 Å². The summed E-state index contributed by atoms with van der Waals surface area (Å²) in [5, 5.41) is 3.45. The molecular weight excluding hydrogens is 373 g/mol. The summed E-state index contributed by atoms with van der Waals surface area (Å²) in [5.41, 5.74) is 4.86. The van der Waals surface area contributed by atoms with E-state index in [2.05, 4.69) is 16.2 Å². The normalized spacial score (nSPS) is 9.96. The lowest BCUT2D eigenvalue weighted by molar-refractivity contribution is -0.122. The molecule has 1 aromatic carbocycles. The Hall–Kier alpha value is -1.57. The zero-order chi connectivity index (χ0) is 17.9. The van der Waals surface area contributed by atoms with E-state index in [1.54, 1.807) is 18.2 Å². The van der Waals surface area contributed by atoms with Gasteiger partial charge in [0.05, 0.1) is 11.6 Å². The second-order valence-electron chi connectivity index (χ2n) is 4.83. The quantitative estimate of drug-likeness (QED) is 0.378. The van der Waals surface area contributed by atoms with Gasteiger partial charge in [-0.1, -0.05) is 30.1 Å². The van der Waals surface area contributed by atoms with Crippen LogP contribution in [0, 0.1) is 0 Å². The van der Waals surface area contributed by atoms with Gasteiger partial charge in [-0.05, 0) is 43.3 Å². The maximum atomic E-state index is 11.7. The minimum absolute atomic E-state index is 0.0473. The highest BCUT2D eigenvalue weighted by atomic mass is 35.5. The lowest BCUT2D eigenvalue weighted by Gasteiger charge is -2.11. The van der Waals surface area contributed by atoms with Crippen LogP contribution in [-0.4, -0.2) is 23.5 Å². The van der Waals surface area contributed by atoms with E-state index in [9.17, 15) is 9.59 Å². The first-order chi connectivity index (χ1) is 11.4. The van der Waals surface area contributed by atoms with E-state index >= 15 is 0 Å². The molecule has 132 valence electrons. The molecule has 9 heteroatoms. The maximum absolute atomic E-state index is 11.7. The second-order valence-corrected chi connectivity index (χ2v) is 6.08. The van der Waals surface area contributed by atoms with Crippen LogP contribution in [0.5, 0.6) is 5.75 Å². The summed E-state index contributed by atoms with van der Waals surface area (Å²) in [6, 6.07) is 4.93. The van der Waals surface area contributed by atoms with Gasteiger partial charge in [-0.3, -0.25) is 20.4 Å². The summed E-state index contributed by atoms with van der Waals surface area (Å²) in [7, 11) is 0. The minimum Gasteiger partial charge on any atom is -0.492 e. The molecule has 6 nitrogen and oxygen atoms in total. The molecule has 0 spiro atoms. The molecule has 2 amide bonds. The smallest absolute Gasteiger partial charge is 0.238 e. The molecule has 3 N–H and O–H groups in total. The minimum atomic E-state index is -0.275. The lowest BCUT2D eigenvalue weighted by atomic mass is 10.3. The Morgan fingerprint density at radius 3 is 2.58 bits per heavy atom. The number of thiocarbonyl (C=S) groups is 1. The molecule has 0 fully saturated rings. The Labute approximate surface area is 156 Å². The van der Waals surface area contributed by atoms with Crippen LogP contribution < -0.4 is 20.9 Å². The van der Waals surface area contributed by atoms with Crippen molar-refractivity contribution >= 4 is 52.3 Å². The molecule has 0 radical (unpaired) electrons. The standard InChI is InChI=1S/C15H19Cl2N3O3S/c1-2-4-14(22)19-20-15(24)18-13(21)5-3-8-23-12-7-6-10(16)9-11(12)17/h6-7,9H,2-5,8H2,1H3,(H,19,22)(H2,18,20,21,24). The van der Waals surface area contributed by atoms with Crippen LogP contribution in [0.25, 0.3) is 0 Å². The van der Waals surface area contributed by atoms with Crippen LogP contribution in [-0.2, 0) is 9.59 Å². The van der Waals surface area contributed by atoms with Gasteiger partial charge in [-0.25, -0.2) is 0 Å². The predicted octanol–water partition coefficient (Wildman–Crippen LogP) is 2.97. The fourth-order valence-corrected chi connectivity index (χ4v) is 2.27. The van der Waals surface area contributed by atoms with Gasteiger partial charge >= 0.3 is 0 Å². The zero-order valence-corrected chi connectivity index (χ0v) is 15.5. The van der Waals surface area contributed by atoms with Crippen LogP contribution in [0.4, 0.5) is 0 Å². The van der Waals surface area contributed by atoms with Crippen molar-refractivity contribution in [2.24, 2.45) is 0 Å². The number of halogens is 2. The molecule has 0 aliphatic carbocycles. The van der Waals surface area contributed by atoms with Crippen molar-refractivity contribution in [3.8, 4) is 5.75 Å². The largest absolute Gasteiger partial charge is 0.492 e. The molecule has 0 aliphatic heterocycles. The number of benzene rings is 1. The molecule has 0 bridgehead atoms. The number of nitrogens with one attached hydrogen (secondary N) is 3. The van der Waals surface area contributed by atoms with Crippen LogP contribution in [0.2, 0.25) is 10.0 Å². The van der Waals surface area contributed by atoms with Crippen molar-refractivity contribution in [2.45, 2.75) is 32.6 Å². The summed E-state index contributed by atoms with van der Waals surface area (Å²) in [4.78, 5) is 22.9. The number of amides is 2. The molecule has 0 saturated carbocycles. The highest BCUT2D eigenvalue weighted by molar-refractivity contribution is 7.80. The molecule has 0 saturated heterocycles. The zero-order valence-electron chi connectivity index (χ0n) is 13.2. The van der Waals surface area contributed by atoms with Gasteiger partial charge in [-0.15, -0.1) is 0 Å². The molecule has 0 aliphatic rings. The van der Waals surface area contributed by atoms with E-state index < -0.39 is 0 Å². The Morgan fingerprint density at radius 2 is 1.92 bits per heavy atom. The van der Waals surface area contributed by atoms with Crippen molar-refractivity contribution in [2.75, 3.05) is 6.61 Å². The first-order valence-electron chi connectivity index (χ1n) is 7.39. The van der Waals surface area contributed by atoms with Crippen molar-refractivity contribution in [1.29, 1.82) is 0 Å². The first-order valence-corrected chi connectivity index (χ1v) is 8.55. The van der Waals surface area contributed by atoms with Gasteiger partial charge in [0, 0.05) is 17.9 Å². The molecule has 1 aromatic rings. The molecule has 24 heavy (non-hydrogen) atoms. The molecule has 0 atom stereocenters. The Kier molecular flexibility index (Phi) is 9.44. The van der Waals surface area contributed by atoms with Crippen molar-refractivity contribution in [1.82, 2.24) is 16.2 Å². The Balaban J connectivity index is 2.19. The fourth-order valence-electron chi connectivity index (χ4n) is 1.64. The van der Waals surface area contributed by atoms with E-state index in [1.165, 1.54) is 0 Å². The molecular formula is C15H19Cl2N3O3S. The maximum Gasteiger partial charge on any atom is 0.238 e. The van der Waals surface area contributed by atoms with Gasteiger partial charge in [0.25, 0.3) is 0 Å². The Morgan fingerprint density at radius 1 is 1.17 bits per heavy atom. The van der Waals surface area contributed by atoms with Crippen LogP contribution in [0.15, 0.2) is 18.2 Å². The van der Waals surface area contributed by atoms with Gasteiger partial charge in [-0.2, -0.15) is 0 Å². The number of ether oxygens (including phenoxy) is 1. The van der Waals surface area contributed by atoms with Gasteiger partial charge < -0.3 is 10.1 Å². The van der Waals surface area contributed by atoms with E-state index in [0.29, 0.717) is 35.2 Å². The van der Waals surface area contributed by atoms with E-state index in [0.717, 1.165) is 6.42 Å². The number of carbonyl (C=O) groups excluding carboxylic acids is 2. The van der Waals surface area contributed by atoms with Gasteiger partial charge in [0.2, 0.25) is 11.8 Å². The fraction of sp³-hybridized carbons (Fsp3) is 0.400. The highest BCUT2D eigenvalue weighted by Crippen LogP contribution is 2.27. The molecule has 1 rings (SSSR count).